The van der Waals surface area contributed by atoms with Gasteiger partial charge in [-0.05, 0) is 24.6 Å². The number of hydrogen-bond acceptors (Lipinski definition) is 4. The molecule has 19 heavy (non-hydrogen) atoms. The van der Waals surface area contributed by atoms with Gasteiger partial charge in [-0.2, -0.15) is 0 Å². The van der Waals surface area contributed by atoms with Crippen molar-refractivity contribution in [3.63, 3.8) is 0 Å². The van der Waals surface area contributed by atoms with Crippen LogP contribution < -0.4 is 10.5 Å². The van der Waals surface area contributed by atoms with E-state index >= 15 is 0 Å². The zero-order valence-electron chi connectivity index (χ0n) is 10.2. The monoisotopic (exact) mass is 261 g/mol. The van der Waals surface area contributed by atoms with Gasteiger partial charge in [0.2, 0.25) is 0 Å². The van der Waals surface area contributed by atoms with Crippen LogP contribution in [0.4, 0.5) is 4.39 Å². The minimum atomic E-state index is -0.344. The van der Waals surface area contributed by atoms with E-state index in [-0.39, 0.29) is 17.3 Å². The van der Waals surface area contributed by atoms with Crippen molar-refractivity contribution < 1.29 is 14.3 Å². The van der Waals surface area contributed by atoms with Gasteiger partial charge in [0.05, 0.1) is 0 Å². The van der Waals surface area contributed by atoms with Gasteiger partial charge in [-0.1, -0.05) is 11.2 Å². The zero-order valence-corrected chi connectivity index (χ0v) is 10.2. The molecule has 0 radical (unpaired) electrons. The van der Waals surface area contributed by atoms with Crippen LogP contribution in [0.3, 0.4) is 0 Å². The molecule has 98 valence electrons. The molecule has 0 fully saturated rings. The number of ether oxygens (including phenoxy) is 1. The highest BCUT2D eigenvalue weighted by molar-refractivity contribution is 5.95. The largest absolute Gasteiger partial charge is 0.457 e. The maximum absolute atomic E-state index is 13.4. The zero-order chi connectivity index (χ0) is 13.8. The molecule has 0 aliphatic rings. The number of aromatic nitrogens is 1. The first kappa shape index (κ1) is 12.8. The second-order valence-corrected chi connectivity index (χ2v) is 3.88. The topological polar surface area (TPSA) is 80.7 Å². The molecule has 0 spiro atoms. The third-order valence-electron chi connectivity index (χ3n) is 2.48. The molecule has 0 atom stereocenters. The molecule has 0 saturated heterocycles. The third-order valence-corrected chi connectivity index (χ3v) is 2.48. The van der Waals surface area contributed by atoms with E-state index in [4.69, 9.17) is 15.7 Å². The Kier molecular flexibility index (Phi) is 3.61. The van der Waals surface area contributed by atoms with Gasteiger partial charge in [0.1, 0.15) is 23.0 Å². The Hall–Kier alpha value is -2.63. The Morgan fingerprint density at radius 2 is 2.05 bits per heavy atom. The Morgan fingerprint density at radius 3 is 2.74 bits per heavy atom. The van der Waals surface area contributed by atoms with E-state index in [1.807, 2.05) is 0 Å². The number of nitrogens with two attached hydrogens (primary N) is 1. The van der Waals surface area contributed by atoms with Crippen LogP contribution >= 0.6 is 0 Å². The standard InChI is InChI=1S/C13H12FN3O2/c1-8-2-3-9(6-11(8)14)19-10-4-5-16-12(7-10)13(15)17-18/h2-7,18H,1H3,(H2,15,17). The fourth-order valence-electron chi connectivity index (χ4n) is 1.44. The average molecular weight is 261 g/mol. The number of amidine groups is 1. The van der Waals surface area contributed by atoms with Crippen LogP contribution in [0.1, 0.15) is 11.3 Å². The van der Waals surface area contributed by atoms with Gasteiger partial charge in [0.15, 0.2) is 5.84 Å². The number of benzene rings is 1. The van der Waals surface area contributed by atoms with Gasteiger partial charge >= 0.3 is 0 Å². The van der Waals surface area contributed by atoms with Crippen molar-refractivity contribution in [2.24, 2.45) is 10.9 Å². The van der Waals surface area contributed by atoms with Crippen LogP contribution in [-0.2, 0) is 0 Å². The van der Waals surface area contributed by atoms with Gasteiger partial charge in [-0.3, -0.25) is 4.98 Å². The summed E-state index contributed by atoms with van der Waals surface area (Å²) in [4.78, 5) is 3.91. The highest BCUT2D eigenvalue weighted by atomic mass is 19.1. The molecule has 1 aromatic heterocycles. The molecule has 1 aromatic carbocycles. The average Bonchev–Trinajstić information content (AvgIpc) is 2.42. The summed E-state index contributed by atoms with van der Waals surface area (Å²) in [6, 6.07) is 7.65. The van der Waals surface area contributed by atoms with Gasteiger partial charge in [0.25, 0.3) is 0 Å². The molecule has 1 heterocycles. The first-order valence-corrected chi connectivity index (χ1v) is 5.48. The summed E-state index contributed by atoms with van der Waals surface area (Å²) in [6.45, 7) is 1.67. The molecule has 6 heteroatoms. The molecule has 0 aliphatic carbocycles. The van der Waals surface area contributed by atoms with Crippen LogP contribution in [-0.4, -0.2) is 16.0 Å². The summed E-state index contributed by atoms with van der Waals surface area (Å²) in [7, 11) is 0. The van der Waals surface area contributed by atoms with E-state index in [1.54, 1.807) is 25.1 Å². The summed E-state index contributed by atoms with van der Waals surface area (Å²) < 4.78 is 18.9. The van der Waals surface area contributed by atoms with Crippen molar-refractivity contribution in [2.45, 2.75) is 6.92 Å². The summed E-state index contributed by atoms with van der Waals surface area (Å²) >= 11 is 0. The molecule has 0 saturated carbocycles. The molecule has 0 aliphatic heterocycles. The number of halogens is 1. The lowest BCUT2D eigenvalue weighted by Gasteiger charge is -2.07. The number of rotatable bonds is 3. The predicted octanol–water partition coefficient (Wildman–Crippen LogP) is 2.42. The molecule has 2 aromatic rings. The number of oxime groups is 1. The van der Waals surface area contributed by atoms with Crippen LogP contribution in [0.2, 0.25) is 0 Å². The SMILES string of the molecule is Cc1ccc(Oc2ccnc(/C(N)=N/O)c2)cc1F. The van der Waals surface area contributed by atoms with Crippen molar-refractivity contribution in [3.05, 3.63) is 53.6 Å². The molecule has 0 bridgehead atoms. The van der Waals surface area contributed by atoms with Crippen molar-refractivity contribution >= 4 is 5.84 Å². The Morgan fingerprint density at radius 1 is 1.32 bits per heavy atom. The van der Waals surface area contributed by atoms with E-state index in [1.165, 1.54) is 18.3 Å². The molecular formula is C13H12FN3O2. The molecule has 5 nitrogen and oxygen atoms in total. The molecule has 0 unspecified atom stereocenters. The van der Waals surface area contributed by atoms with Crippen molar-refractivity contribution in [3.8, 4) is 11.5 Å². The summed E-state index contributed by atoms with van der Waals surface area (Å²) in [6.07, 6.45) is 1.45. The van der Waals surface area contributed by atoms with Crippen molar-refractivity contribution in [2.75, 3.05) is 0 Å². The first-order valence-electron chi connectivity index (χ1n) is 5.48. The van der Waals surface area contributed by atoms with E-state index < -0.39 is 0 Å². The lowest BCUT2D eigenvalue weighted by atomic mass is 10.2. The minimum absolute atomic E-state index is 0.125. The quantitative estimate of drug-likeness (QED) is 0.385. The highest BCUT2D eigenvalue weighted by Gasteiger charge is 2.05. The number of aryl methyl sites for hydroxylation is 1. The maximum Gasteiger partial charge on any atom is 0.188 e. The highest BCUT2D eigenvalue weighted by Crippen LogP contribution is 2.23. The Labute approximate surface area is 109 Å². The van der Waals surface area contributed by atoms with Crippen LogP contribution in [0.5, 0.6) is 11.5 Å². The van der Waals surface area contributed by atoms with Crippen molar-refractivity contribution in [1.29, 1.82) is 0 Å². The second-order valence-electron chi connectivity index (χ2n) is 3.88. The van der Waals surface area contributed by atoms with E-state index in [9.17, 15) is 4.39 Å². The normalized spacial score (nSPS) is 11.4. The summed E-state index contributed by atoms with van der Waals surface area (Å²) in [5, 5.41) is 11.4. The van der Waals surface area contributed by atoms with Crippen LogP contribution in [0.25, 0.3) is 0 Å². The fourth-order valence-corrected chi connectivity index (χ4v) is 1.44. The lowest BCUT2D eigenvalue weighted by Crippen LogP contribution is -2.14. The van der Waals surface area contributed by atoms with E-state index in [0.717, 1.165) is 0 Å². The second kappa shape index (κ2) is 5.34. The van der Waals surface area contributed by atoms with E-state index in [2.05, 4.69) is 10.1 Å². The Balaban J connectivity index is 2.26. The molecule has 2 rings (SSSR count). The van der Waals surface area contributed by atoms with Gasteiger partial charge in [-0.25, -0.2) is 4.39 Å². The molecule has 0 amide bonds. The molecular weight excluding hydrogens is 249 g/mol. The summed E-state index contributed by atoms with van der Waals surface area (Å²) in [5.74, 6) is 0.309. The third kappa shape index (κ3) is 2.98. The number of hydrogen-bond donors (Lipinski definition) is 2. The summed E-state index contributed by atoms with van der Waals surface area (Å²) in [5.41, 5.74) is 6.23. The van der Waals surface area contributed by atoms with Gasteiger partial charge in [-0.15, -0.1) is 0 Å². The fraction of sp³-hybridized carbons (Fsp3) is 0.0769. The van der Waals surface area contributed by atoms with Gasteiger partial charge in [0, 0.05) is 18.3 Å². The minimum Gasteiger partial charge on any atom is -0.457 e. The first-order chi connectivity index (χ1) is 9.10. The van der Waals surface area contributed by atoms with Crippen LogP contribution in [0.15, 0.2) is 41.7 Å². The maximum atomic E-state index is 13.4. The smallest absolute Gasteiger partial charge is 0.188 e. The number of nitrogens with zero attached hydrogens (tertiary/aromatic N) is 2. The van der Waals surface area contributed by atoms with Crippen LogP contribution in [0, 0.1) is 12.7 Å². The van der Waals surface area contributed by atoms with E-state index in [0.29, 0.717) is 17.1 Å². The Bertz CT molecular complexity index is 629. The predicted molar refractivity (Wildman–Crippen MR) is 68.0 cm³/mol. The van der Waals surface area contributed by atoms with Gasteiger partial charge < -0.3 is 15.7 Å². The van der Waals surface area contributed by atoms with Crippen molar-refractivity contribution in [1.82, 2.24) is 4.98 Å². The number of pyridine rings is 1. The molecule has 3 N–H and O–H groups in total. The lowest BCUT2D eigenvalue weighted by molar-refractivity contribution is 0.318.